The Kier molecular flexibility index (Phi) is 8.50. The van der Waals surface area contributed by atoms with Crippen LogP contribution in [0.25, 0.3) is 0 Å². The van der Waals surface area contributed by atoms with E-state index in [9.17, 15) is 0 Å². The Morgan fingerprint density at radius 3 is 2.11 bits per heavy atom. The van der Waals surface area contributed by atoms with Gasteiger partial charge in [-0.25, -0.2) is 9.97 Å². The third kappa shape index (κ3) is 5.56. The highest BCUT2D eigenvalue weighted by molar-refractivity contribution is 5.11. The Morgan fingerprint density at radius 2 is 1.72 bits per heavy atom. The standard InChI is InChI=1S/C13H23N3.CH4O/c1-6-12(7-10(2)16(4)5)13-8-14-11(3)15-9-13;1-2/h8-10,12H,6-7H2,1-5H3;2H,1H3/t10-,12+;/m0./s1. The van der Waals surface area contributed by atoms with E-state index >= 15 is 0 Å². The molecule has 0 fully saturated rings. The SMILES string of the molecule is CC[C@H](C[C@H](C)N(C)C)c1cnc(C)nc1.CO. The van der Waals surface area contributed by atoms with Crippen molar-refractivity contribution in [3.8, 4) is 0 Å². The molecule has 0 bridgehead atoms. The monoisotopic (exact) mass is 253 g/mol. The zero-order valence-electron chi connectivity index (χ0n) is 12.5. The zero-order valence-corrected chi connectivity index (χ0v) is 12.5. The van der Waals surface area contributed by atoms with Crippen LogP contribution < -0.4 is 0 Å². The van der Waals surface area contributed by atoms with E-state index in [0.29, 0.717) is 12.0 Å². The quantitative estimate of drug-likeness (QED) is 0.874. The molecule has 1 aromatic rings. The van der Waals surface area contributed by atoms with Crippen LogP contribution >= 0.6 is 0 Å². The molecule has 0 aliphatic rings. The molecule has 0 aromatic carbocycles. The van der Waals surface area contributed by atoms with Crippen molar-refractivity contribution in [1.82, 2.24) is 14.9 Å². The molecule has 0 unspecified atom stereocenters. The summed E-state index contributed by atoms with van der Waals surface area (Å²) in [6, 6.07) is 0.589. The lowest BCUT2D eigenvalue weighted by Crippen LogP contribution is -2.26. The van der Waals surface area contributed by atoms with E-state index in [1.165, 1.54) is 5.56 Å². The number of hydrogen-bond acceptors (Lipinski definition) is 4. The number of aliphatic hydroxyl groups excluding tert-OH is 1. The molecule has 1 aromatic heterocycles. The van der Waals surface area contributed by atoms with Gasteiger partial charge in [-0.2, -0.15) is 0 Å². The Bertz CT molecular complexity index is 311. The second kappa shape index (κ2) is 9.00. The van der Waals surface area contributed by atoms with Crippen molar-refractivity contribution in [1.29, 1.82) is 0 Å². The predicted octanol–water partition coefficient (Wildman–Crippen LogP) is 2.23. The summed E-state index contributed by atoms with van der Waals surface area (Å²) in [5, 5.41) is 7.00. The van der Waals surface area contributed by atoms with Gasteiger partial charge in [0.1, 0.15) is 5.82 Å². The van der Waals surface area contributed by atoms with E-state index in [4.69, 9.17) is 5.11 Å². The zero-order chi connectivity index (χ0) is 14.1. The topological polar surface area (TPSA) is 49.2 Å². The fourth-order valence-corrected chi connectivity index (χ4v) is 1.77. The van der Waals surface area contributed by atoms with Crippen LogP contribution in [0.5, 0.6) is 0 Å². The van der Waals surface area contributed by atoms with Gasteiger partial charge in [0.25, 0.3) is 0 Å². The fraction of sp³-hybridized carbons (Fsp3) is 0.714. The molecule has 0 saturated carbocycles. The summed E-state index contributed by atoms with van der Waals surface area (Å²) in [6.45, 7) is 6.41. The minimum atomic E-state index is 0.568. The number of nitrogens with zero attached hydrogens (tertiary/aromatic N) is 3. The second-order valence-corrected chi connectivity index (χ2v) is 4.72. The van der Waals surface area contributed by atoms with Gasteiger partial charge in [0.05, 0.1) is 0 Å². The van der Waals surface area contributed by atoms with Crippen LogP contribution in [0.3, 0.4) is 0 Å². The van der Waals surface area contributed by atoms with Gasteiger partial charge >= 0.3 is 0 Å². The van der Waals surface area contributed by atoms with Crippen LogP contribution in [-0.4, -0.2) is 47.2 Å². The van der Waals surface area contributed by atoms with Crippen LogP contribution in [-0.2, 0) is 0 Å². The molecule has 1 N–H and O–H groups in total. The lowest BCUT2D eigenvalue weighted by molar-refractivity contribution is 0.281. The first-order valence-electron chi connectivity index (χ1n) is 6.44. The summed E-state index contributed by atoms with van der Waals surface area (Å²) in [5.74, 6) is 1.41. The molecule has 4 nitrogen and oxygen atoms in total. The van der Waals surface area contributed by atoms with E-state index in [2.05, 4.69) is 42.8 Å². The van der Waals surface area contributed by atoms with Crippen molar-refractivity contribution in [2.45, 2.75) is 45.6 Å². The average molecular weight is 253 g/mol. The van der Waals surface area contributed by atoms with Gasteiger partial charge in [0.15, 0.2) is 0 Å². The van der Waals surface area contributed by atoms with Gasteiger partial charge in [-0.1, -0.05) is 6.92 Å². The molecule has 0 amide bonds. The summed E-state index contributed by atoms with van der Waals surface area (Å²) in [7, 11) is 5.26. The Hall–Kier alpha value is -1.00. The van der Waals surface area contributed by atoms with Crippen LogP contribution in [0.1, 0.15) is 44.0 Å². The van der Waals surface area contributed by atoms with Crippen molar-refractivity contribution in [3.63, 3.8) is 0 Å². The second-order valence-electron chi connectivity index (χ2n) is 4.72. The van der Waals surface area contributed by atoms with Crippen molar-refractivity contribution >= 4 is 0 Å². The van der Waals surface area contributed by atoms with E-state index in [-0.39, 0.29) is 0 Å². The van der Waals surface area contributed by atoms with Gasteiger partial charge in [-0.15, -0.1) is 0 Å². The molecule has 1 rings (SSSR count). The van der Waals surface area contributed by atoms with E-state index in [1.54, 1.807) is 0 Å². The molecule has 18 heavy (non-hydrogen) atoms. The van der Waals surface area contributed by atoms with E-state index < -0.39 is 0 Å². The van der Waals surface area contributed by atoms with E-state index in [0.717, 1.165) is 25.8 Å². The number of rotatable bonds is 5. The normalized spacial score (nSPS) is 13.8. The summed E-state index contributed by atoms with van der Waals surface area (Å²) in [4.78, 5) is 10.8. The predicted molar refractivity (Wildman–Crippen MR) is 75.7 cm³/mol. The first-order chi connectivity index (χ1) is 8.54. The van der Waals surface area contributed by atoms with Crippen molar-refractivity contribution in [2.24, 2.45) is 0 Å². The van der Waals surface area contributed by atoms with Crippen molar-refractivity contribution < 1.29 is 5.11 Å². The molecule has 0 saturated heterocycles. The number of aromatic nitrogens is 2. The molecule has 4 heteroatoms. The molecule has 0 spiro atoms. The molecule has 0 aliphatic carbocycles. The minimum absolute atomic E-state index is 0.568. The maximum absolute atomic E-state index is 7.00. The van der Waals surface area contributed by atoms with Gasteiger partial charge in [-0.3, -0.25) is 0 Å². The van der Waals surface area contributed by atoms with Gasteiger partial charge < -0.3 is 10.0 Å². The molecular formula is C14H27N3O. The minimum Gasteiger partial charge on any atom is -0.400 e. The Labute approximate surface area is 111 Å². The highest BCUT2D eigenvalue weighted by Crippen LogP contribution is 2.24. The molecular weight excluding hydrogens is 226 g/mol. The van der Waals surface area contributed by atoms with Gasteiger partial charge in [0, 0.05) is 25.5 Å². The first kappa shape index (κ1) is 17.0. The van der Waals surface area contributed by atoms with Crippen LogP contribution in [0, 0.1) is 6.92 Å². The fourth-order valence-electron chi connectivity index (χ4n) is 1.77. The summed E-state index contributed by atoms with van der Waals surface area (Å²) in [5.41, 5.74) is 1.27. The Balaban J connectivity index is 0.00000137. The van der Waals surface area contributed by atoms with Crippen molar-refractivity contribution in [3.05, 3.63) is 23.8 Å². The molecule has 0 radical (unpaired) electrons. The third-order valence-electron chi connectivity index (χ3n) is 3.27. The summed E-state index contributed by atoms with van der Waals surface area (Å²) >= 11 is 0. The van der Waals surface area contributed by atoms with E-state index in [1.807, 2.05) is 19.3 Å². The number of hydrogen-bond donors (Lipinski definition) is 1. The molecule has 0 aliphatic heterocycles. The maximum atomic E-state index is 7.00. The van der Waals surface area contributed by atoms with Crippen LogP contribution in [0.15, 0.2) is 12.4 Å². The largest absolute Gasteiger partial charge is 0.400 e. The van der Waals surface area contributed by atoms with Crippen molar-refractivity contribution in [2.75, 3.05) is 21.2 Å². The summed E-state index contributed by atoms with van der Waals surface area (Å²) < 4.78 is 0. The number of aryl methyl sites for hydroxylation is 1. The molecule has 2 atom stereocenters. The summed E-state index contributed by atoms with van der Waals surface area (Å²) in [6.07, 6.45) is 6.25. The maximum Gasteiger partial charge on any atom is 0.125 e. The Morgan fingerprint density at radius 1 is 1.22 bits per heavy atom. The number of aliphatic hydroxyl groups is 1. The van der Waals surface area contributed by atoms with Gasteiger partial charge in [-0.05, 0) is 52.3 Å². The lowest BCUT2D eigenvalue weighted by atomic mass is 9.92. The first-order valence-corrected chi connectivity index (χ1v) is 6.44. The molecule has 1 heterocycles. The van der Waals surface area contributed by atoms with Crippen LogP contribution in [0.2, 0.25) is 0 Å². The third-order valence-corrected chi connectivity index (χ3v) is 3.27. The average Bonchev–Trinajstić information content (AvgIpc) is 2.39. The lowest BCUT2D eigenvalue weighted by Gasteiger charge is -2.24. The molecule has 104 valence electrons. The highest BCUT2D eigenvalue weighted by Gasteiger charge is 2.15. The highest BCUT2D eigenvalue weighted by atomic mass is 16.2. The van der Waals surface area contributed by atoms with Gasteiger partial charge in [0.2, 0.25) is 0 Å². The van der Waals surface area contributed by atoms with Crippen LogP contribution in [0.4, 0.5) is 0 Å². The smallest absolute Gasteiger partial charge is 0.125 e.